The number of carbonyl (C=O) groups excluding carboxylic acids is 1. The summed E-state index contributed by atoms with van der Waals surface area (Å²) in [6.07, 6.45) is 1.11. The van der Waals surface area contributed by atoms with Crippen molar-refractivity contribution < 1.29 is 13.2 Å². The van der Waals surface area contributed by atoms with E-state index >= 15 is 0 Å². The van der Waals surface area contributed by atoms with Crippen LogP contribution < -0.4 is 0 Å². The Morgan fingerprint density at radius 3 is 2.27 bits per heavy atom. The van der Waals surface area contributed by atoms with E-state index < -0.39 is 9.84 Å². The van der Waals surface area contributed by atoms with E-state index in [0.717, 1.165) is 17.4 Å². The fraction of sp³-hybridized carbons (Fsp3) is 0.235. The van der Waals surface area contributed by atoms with Crippen molar-refractivity contribution in [2.45, 2.75) is 18.4 Å². The molecule has 0 N–H and O–H groups in total. The second-order valence-electron chi connectivity index (χ2n) is 5.36. The smallest absolute Gasteiger partial charge is 0.255 e. The number of benzene rings is 2. The van der Waals surface area contributed by atoms with Crippen LogP contribution >= 0.6 is 0 Å². The van der Waals surface area contributed by atoms with Crippen LogP contribution in [0.4, 0.5) is 0 Å². The summed E-state index contributed by atoms with van der Waals surface area (Å²) < 4.78 is 23.6. The van der Waals surface area contributed by atoms with Gasteiger partial charge in [0, 0.05) is 19.8 Å². The van der Waals surface area contributed by atoms with Crippen molar-refractivity contribution in [2.24, 2.45) is 0 Å². The van der Waals surface area contributed by atoms with Gasteiger partial charge in [-0.25, -0.2) is 8.42 Å². The van der Waals surface area contributed by atoms with Gasteiger partial charge in [0.2, 0.25) is 0 Å². The Hall–Kier alpha value is -2.14. The van der Waals surface area contributed by atoms with Crippen LogP contribution in [0.1, 0.15) is 21.5 Å². The number of hydrogen-bond acceptors (Lipinski definition) is 3. The molecule has 0 aliphatic heterocycles. The second-order valence-corrected chi connectivity index (χ2v) is 7.34. The number of carbonyl (C=O) groups is 1. The average molecular weight is 317 g/mol. The molecule has 0 heterocycles. The zero-order chi connectivity index (χ0) is 16.3. The maximum absolute atomic E-state index is 12.6. The second kappa shape index (κ2) is 6.32. The first kappa shape index (κ1) is 16.2. The molecule has 0 saturated carbocycles. The highest BCUT2D eigenvalue weighted by Gasteiger charge is 2.21. The van der Waals surface area contributed by atoms with Gasteiger partial charge in [-0.2, -0.15) is 0 Å². The fourth-order valence-corrected chi connectivity index (χ4v) is 3.17. The number of sulfone groups is 1. The first-order valence-electron chi connectivity index (χ1n) is 6.90. The van der Waals surface area contributed by atoms with Crippen molar-refractivity contribution in [3.63, 3.8) is 0 Å². The minimum absolute atomic E-state index is 0.0663. The summed E-state index contributed by atoms with van der Waals surface area (Å²) in [5.74, 6) is -0.302. The molecule has 22 heavy (non-hydrogen) atoms. The summed E-state index contributed by atoms with van der Waals surface area (Å²) in [7, 11) is -1.77. The van der Waals surface area contributed by atoms with Crippen LogP contribution in [0.25, 0.3) is 0 Å². The monoisotopic (exact) mass is 317 g/mol. The van der Waals surface area contributed by atoms with Crippen LogP contribution in [0.15, 0.2) is 53.4 Å². The van der Waals surface area contributed by atoms with Gasteiger partial charge in [-0.1, -0.05) is 36.4 Å². The van der Waals surface area contributed by atoms with Gasteiger partial charge in [-0.05, 0) is 30.2 Å². The molecule has 0 spiro atoms. The number of nitrogens with zero attached hydrogens (tertiary/aromatic N) is 1. The molecule has 1 amide bonds. The van der Waals surface area contributed by atoms with Gasteiger partial charge in [0.15, 0.2) is 9.84 Å². The molecule has 0 atom stereocenters. The van der Waals surface area contributed by atoms with Crippen molar-refractivity contribution in [1.82, 2.24) is 4.90 Å². The van der Waals surface area contributed by atoms with E-state index in [1.807, 2.05) is 31.2 Å². The van der Waals surface area contributed by atoms with Gasteiger partial charge in [0.1, 0.15) is 0 Å². The number of aryl methyl sites for hydroxylation is 1. The standard InChI is InChI=1S/C17H19NO3S/c1-13-8-4-5-9-14(13)12-18(2)17(19)15-10-6-7-11-16(15)22(3,20)21/h4-11H,12H2,1-3H3. The third-order valence-electron chi connectivity index (χ3n) is 3.53. The Labute approximate surface area is 131 Å². The molecule has 0 fully saturated rings. The first-order valence-corrected chi connectivity index (χ1v) is 8.79. The van der Waals surface area contributed by atoms with Crippen LogP contribution in [-0.4, -0.2) is 32.5 Å². The van der Waals surface area contributed by atoms with Crippen molar-refractivity contribution in [3.8, 4) is 0 Å². The summed E-state index contributed by atoms with van der Waals surface area (Å²) >= 11 is 0. The van der Waals surface area contributed by atoms with Gasteiger partial charge in [-0.15, -0.1) is 0 Å². The van der Waals surface area contributed by atoms with Crippen molar-refractivity contribution in [1.29, 1.82) is 0 Å². The summed E-state index contributed by atoms with van der Waals surface area (Å²) in [5.41, 5.74) is 2.34. The van der Waals surface area contributed by atoms with Gasteiger partial charge in [-0.3, -0.25) is 4.79 Å². The molecule has 0 bridgehead atoms. The van der Waals surface area contributed by atoms with E-state index in [-0.39, 0.29) is 16.4 Å². The molecular weight excluding hydrogens is 298 g/mol. The van der Waals surface area contributed by atoms with Crippen molar-refractivity contribution in [3.05, 3.63) is 65.2 Å². The molecule has 4 nitrogen and oxygen atoms in total. The molecule has 116 valence electrons. The molecule has 0 aliphatic rings. The molecule has 2 aromatic carbocycles. The Kier molecular flexibility index (Phi) is 4.66. The minimum Gasteiger partial charge on any atom is -0.337 e. The normalized spacial score (nSPS) is 11.2. The Bertz CT molecular complexity index is 797. The highest BCUT2D eigenvalue weighted by Crippen LogP contribution is 2.18. The van der Waals surface area contributed by atoms with E-state index in [2.05, 4.69) is 0 Å². The predicted octanol–water partition coefficient (Wildman–Crippen LogP) is 2.67. The van der Waals surface area contributed by atoms with Crippen LogP contribution in [0.5, 0.6) is 0 Å². The Balaban J connectivity index is 2.31. The molecule has 0 unspecified atom stereocenters. The summed E-state index contributed by atoms with van der Waals surface area (Å²) in [6, 6.07) is 14.1. The molecule has 2 aromatic rings. The van der Waals surface area contributed by atoms with Gasteiger partial charge >= 0.3 is 0 Å². The molecule has 2 rings (SSSR count). The van der Waals surface area contributed by atoms with E-state index in [1.54, 1.807) is 25.2 Å². The minimum atomic E-state index is -3.44. The molecular formula is C17H19NO3S. The topological polar surface area (TPSA) is 54.5 Å². The lowest BCUT2D eigenvalue weighted by molar-refractivity contribution is 0.0781. The molecule has 0 aliphatic carbocycles. The first-order chi connectivity index (χ1) is 10.3. The van der Waals surface area contributed by atoms with Crippen LogP contribution in [0.3, 0.4) is 0 Å². The fourth-order valence-electron chi connectivity index (χ4n) is 2.29. The maximum Gasteiger partial charge on any atom is 0.255 e. The lowest BCUT2D eigenvalue weighted by atomic mass is 10.1. The maximum atomic E-state index is 12.6. The van der Waals surface area contributed by atoms with E-state index in [0.29, 0.717) is 6.54 Å². The Morgan fingerprint density at radius 2 is 1.64 bits per heavy atom. The highest BCUT2D eigenvalue weighted by atomic mass is 32.2. The third kappa shape index (κ3) is 3.54. The average Bonchev–Trinajstić information content (AvgIpc) is 2.48. The number of hydrogen-bond donors (Lipinski definition) is 0. The largest absolute Gasteiger partial charge is 0.337 e. The van der Waals surface area contributed by atoms with Crippen LogP contribution in [-0.2, 0) is 16.4 Å². The third-order valence-corrected chi connectivity index (χ3v) is 4.69. The lowest BCUT2D eigenvalue weighted by Crippen LogP contribution is -2.27. The molecule has 5 heteroatoms. The number of amides is 1. The van der Waals surface area contributed by atoms with E-state index in [1.165, 1.54) is 11.0 Å². The van der Waals surface area contributed by atoms with Crippen LogP contribution in [0, 0.1) is 6.92 Å². The van der Waals surface area contributed by atoms with Gasteiger partial charge in [0.25, 0.3) is 5.91 Å². The molecule has 0 saturated heterocycles. The zero-order valence-corrected chi connectivity index (χ0v) is 13.7. The van der Waals surface area contributed by atoms with Gasteiger partial charge in [0.05, 0.1) is 10.5 Å². The van der Waals surface area contributed by atoms with Crippen LogP contribution in [0.2, 0.25) is 0 Å². The lowest BCUT2D eigenvalue weighted by Gasteiger charge is -2.19. The zero-order valence-electron chi connectivity index (χ0n) is 12.9. The van der Waals surface area contributed by atoms with Crippen molar-refractivity contribution >= 4 is 15.7 Å². The predicted molar refractivity (Wildman–Crippen MR) is 86.5 cm³/mol. The Morgan fingerprint density at radius 1 is 1.05 bits per heavy atom. The molecule has 0 aromatic heterocycles. The summed E-state index contributed by atoms with van der Waals surface area (Å²) in [6.45, 7) is 2.42. The van der Waals surface area contributed by atoms with E-state index in [4.69, 9.17) is 0 Å². The van der Waals surface area contributed by atoms with E-state index in [9.17, 15) is 13.2 Å². The van der Waals surface area contributed by atoms with Crippen molar-refractivity contribution in [2.75, 3.05) is 13.3 Å². The summed E-state index contributed by atoms with van der Waals surface area (Å²) in [4.78, 5) is 14.2. The summed E-state index contributed by atoms with van der Waals surface area (Å²) in [5, 5.41) is 0. The SMILES string of the molecule is Cc1ccccc1CN(C)C(=O)c1ccccc1S(C)(=O)=O. The highest BCUT2D eigenvalue weighted by molar-refractivity contribution is 7.90. The van der Waals surface area contributed by atoms with Gasteiger partial charge < -0.3 is 4.90 Å². The number of rotatable bonds is 4. The quantitative estimate of drug-likeness (QED) is 0.871. The molecule has 0 radical (unpaired) electrons.